The van der Waals surface area contributed by atoms with Crippen molar-refractivity contribution in [2.24, 2.45) is 0 Å². The Hall–Kier alpha value is -3.35. The zero-order valence-corrected chi connectivity index (χ0v) is 20.0. The van der Waals surface area contributed by atoms with Gasteiger partial charge in [0, 0.05) is 30.8 Å². The molecule has 2 aromatic carbocycles. The lowest BCUT2D eigenvalue weighted by atomic mass is 9.89. The molecule has 7 nitrogen and oxygen atoms in total. The summed E-state index contributed by atoms with van der Waals surface area (Å²) >= 11 is 0. The second-order valence-corrected chi connectivity index (χ2v) is 8.78. The minimum Gasteiger partial charge on any atom is -0.447 e. The van der Waals surface area contributed by atoms with Crippen molar-refractivity contribution >= 4 is 29.3 Å². The van der Waals surface area contributed by atoms with E-state index in [1.54, 1.807) is 25.7 Å². The normalized spacial score (nSPS) is 17.3. The van der Waals surface area contributed by atoms with Crippen LogP contribution >= 0.6 is 0 Å². The number of carbonyl (C=O) groups is 3. The predicted octanol–water partition coefficient (Wildman–Crippen LogP) is 5.41. The number of amides is 3. The Morgan fingerprint density at radius 3 is 2.52 bits per heavy atom. The van der Waals surface area contributed by atoms with Gasteiger partial charge in [0.15, 0.2) is 0 Å². The van der Waals surface area contributed by atoms with Gasteiger partial charge in [0.25, 0.3) is 0 Å². The monoisotopic (exact) mass is 451 g/mol. The molecule has 0 aromatic heterocycles. The molecule has 3 amide bonds. The van der Waals surface area contributed by atoms with Gasteiger partial charge in [0.2, 0.25) is 11.8 Å². The molecule has 0 spiro atoms. The van der Waals surface area contributed by atoms with Gasteiger partial charge in [-0.3, -0.25) is 9.59 Å². The highest BCUT2D eigenvalue weighted by molar-refractivity contribution is 5.95. The Bertz CT molecular complexity index is 1030. The molecule has 3 rings (SSSR count). The average Bonchev–Trinajstić information content (AvgIpc) is 2.73. The number of ether oxygens (including phenoxy) is 1. The van der Waals surface area contributed by atoms with Crippen LogP contribution in [0.15, 0.2) is 42.5 Å². The molecular formula is C26H33N3O4. The number of carbonyl (C=O) groups excluding carboxylic acids is 3. The molecule has 0 saturated heterocycles. The first-order valence-electron chi connectivity index (χ1n) is 11.5. The topological polar surface area (TPSA) is 87.7 Å². The summed E-state index contributed by atoms with van der Waals surface area (Å²) in [4.78, 5) is 38.5. The predicted molar refractivity (Wildman–Crippen MR) is 130 cm³/mol. The molecule has 2 N–H and O–H groups in total. The summed E-state index contributed by atoms with van der Waals surface area (Å²) in [7, 11) is 0. The van der Waals surface area contributed by atoms with Crippen LogP contribution in [0.5, 0.6) is 0 Å². The standard InChI is InChI=1S/C26H33N3O4/c1-6-8-25(31)27-21-10-7-9-19(14-21)20-11-12-24-22(15-20)23(28-26(32)33-16(2)3)13-17(4)29(24)18(5)30/h7,9-12,14-17,23H,6,8,13H2,1-5H3,(H,27,31)(H,28,32)/t17-,23+/m0/s1. The highest BCUT2D eigenvalue weighted by atomic mass is 16.6. The first-order chi connectivity index (χ1) is 15.7. The number of nitrogens with zero attached hydrogens (tertiary/aromatic N) is 1. The average molecular weight is 452 g/mol. The number of fused-ring (bicyclic) bond motifs is 1. The maximum atomic E-state index is 12.4. The third-order valence-corrected chi connectivity index (χ3v) is 5.61. The van der Waals surface area contributed by atoms with Crippen LogP contribution in [0, 0.1) is 0 Å². The number of rotatable bonds is 6. The number of anilines is 2. The SMILES string of the molecule is CCCC(=O)Nc1cccc(-c2ccc3c(c2)[C@H](NC(=O)OC(C)C)C[C@H](C)N3C(C)=O)c1. The minimum atomic E-state index is -0.476. The molecule has 2 aromatic rings. The Morgan fingerprint density at radius 1 is 1.12 bits per heavy atom. The number of nitrogens with one attached hydrogen (secondary N) is 2. The van der Waals surface area contributed by atoms with Crippen LogP contribution in [0.1, 0.15) is 65.5 Å². The Balaban J connectivity index is 1.97. The van der Waals surface area contributed by atoms with E-state index in [4.69, 9.17) is 4.74 Å². The Labute approximate surface area is 195 Å². The smallest absolute Gasteiger partial charge is 0.407 e. The number of hydrogen-bond acceptors (Lipinski definition) is 4. The second kappa shape index (κ2) is 10.5. The molecule has 1 aliphatic heterocycles. The van der Waals surface area contributed by atoms with Gasteiger partial charge >= 0.3 is 6.09 Å². The molecule has 0 saturated carbocycles. The molecule has 1 aliphatic rings. The summed E-state index contributed by atoms with van der Waals surface area (Å²) in [6, 6.07) is 13.2. The molecule has 1 heterocycles. The summed E-state index contributed by atoms with van der Waals surface area (Å²) in [6.45, 7) is 9.11. The van der Waals surface area contributed by atoms with Crippen molar-refractivity contribution in [3.05, 3.63) is 48.0 Å². The largest absolute Gasteiger partial charge is 0.447 e. The Kier molecular flexibility index (Phi) is 7.74. The summed E-state index contributed by atoms with van der Waals surface area (Å²) in [5.41, 5.74) is 4.25. The van der Waals surface area contributed by atoms with Crippen molar-refractivity contribution in [1.29, 1.82) is 0 Å². The van der Waals surface area contributed by atoms with Crippen molar-refractivity contribution in [3.8, 4) is 11.1 Å². The summed E-state index contributed by atoms with van der Waals surface area (Å²) in [5.74, 6) is -0.0561. The van der Waals surface area contributed by atoms with Crippen LogP contribution in [0.2, 0.25) is 0 Å². The van der Waals surface area contributed by atoms with Crippen LogP contribution in [0.4, 0.5) is 16.2 Å². The van der Waals surface area contributed by atoms with Gasteiger partial charge in [-0.05, 0) is 74.6 Å². The van der Waals surface area contributed by atoms with Gasteiger partial charge in [-0.25, -0.2) is 4.79 Å². The van der Waals surface area contributed by atoms with Gasteiger partial charge < -0.3 is 20.3 Å². The third kappa shape index (κ3) is 5.92. The second-order valence-electron chi connectivity index (χ2n) is 8.78. The van der Waals surface area contributed by atoms with Gasteiger partial charge in [-0.1, -0.05) is 25.1 Å². The van der Waals surface area contributed by atoms with Crippen LogP contribution < -0.4 is 15.5 Å². The van der Waals surface area contributed by atoms with Gasteiger partial charge in [0.1, 0.15) is 0 Å². The first-order valence-corrected chi connectivity index (χ1v) is 11.5. The van der Waals surface area contributed by atoms with E-state index < -0.39 is 6.09 Å². The van der Waals surface area contributed by atoms with Crippen molar-refractivity contribution in [2.45, 2.75) is 72.1 Å². The van der Waals surface area contributed by atoms with Crippen molar-refractivity contribution in [3.63, 3.8) is 0 Å². The van der Waals surface area contributed by atoms with E-state index in [1.807, 2.05) is 56.3 Å². The fourth-order valence-corrected chi connectivity index (χ4v) is 4.28. The fourth-order valence-electron chi connectivity index (χ4n) is 4.28. The minimum absolute atomic E-state index is 0.0147. The summed E-state index contributed by atoms with van der Waals surface area (Å²) in [6.07, 6.45) is 1.14. The van der Waals surface area contributed by atoms with Gasteiger partial charge in [0.05, 0.1) is 12.1 Å². The molecule has 0 aliphatic carbocycles. The molecule has 176 valence electrons. The quantitative estimate of drug-likeness (QED) is 0.614. The molecule has 0 fully saturated rings. The van der Waals surface area contributed by atoms with E-state index in [1.165, 1.54) is 0 Å². The lowest BCUT2D eigenvalue weighted by Gasteiger charge is -2.39. The van der Waals surface area contributed by atoms with E-state index in [2.05, 4.69) is 10.6 Å². The van der Waals surface area contributed by atoms with E-state index in [9.17, 15) is 14.4 Å². The van der Waals surface area contributed by atoms with Crippen molar-refractivity contribution in [2.75, 3.05) is 10.2 Å². The molecule has 0 unspecified atom stereocenters. The maximum Gasteiger partial charge on any atom is 0.407 e. The highest BCUT2D eigenvalue weighted by Crippen LogP contribution is 2.40. The lowest BCUT2D eigenvalue weighted by molar-refractivity contribution is -0.117. The van der Waals surface area contributed by atoms with Crippen LogP contribution in [-0.4, -0.2) is 30.1 Å². The van der Waals surface area contributed by atoms with Crippen molar-refractivity contribution in [1.82, 2.24) is 5.32 Å². The Morgan fingerprint density at radius 2 is 1.85 bits per heavy atom. The first kappa shape index (κ1) is 24.3. The fraction of sp³-hybridized carbons (Fsp3) is 0.423. The van der Waals surface area contributed by atoms with Crippen molar-refractivity contribution < 1.29 is 19.1 Å². The summed E-state index contributed by atoms with van der Waals surface area (Å²) in [5, 5.41) is 5.90. The molecule has 0 bridgehead atoms. The highest BCUT2D eigenvalue weighted by Gasteiger charge is 2.33. The van der Waals surface area contributed by atoms with E-state index >= 15 is 0 Å². The summed E-state index contributed by atoms with van der Waals surface area (Å²) < 4.78 is 5.29. The van der Waals surface area contributed by atoms with Crippen LogP contribution in [0.3, 0.4) is 0 Å². The lowest BCUT2D eigenvalue weighted by Crippen LogP contribution is -2.45. The zero-order valence-electron chi connectivity index (χ0n) is 20.0. The van der Waals surface area contributed by atoms with E-state index in [0.717, 1.165) is 34.5 Å². The van der Waals surface area contributed by atoms with Crippen LogP contribution in [-0.2, 0) is 14.3 Å². The molecule has 7 heteroatoms. The number of benzene rings is 2. The van der Waals surface area contributed by atoms with Crippen LogP contribution in [0.25, 0.3) is 11.1 Å². The van der Waals surface area contributed by atoms with Gasteiger partial charge in [-0.15, -0.1) is 0 Å². The molecule has 33 heavy (non-hydrogen) atoms. The van der Waals surface area contributed by atoms with E-state index in [-0.39, 0.29) is 30.0 Å². The molecular weight excluding hydrogens is 418 g/mol. The van der Waals surface area contributed by atoms with E-state index in [0.29, 0.717) is 12.8 Å². The number of alkyl carbamates (subject to hydrolysis) is 1. The third-order valence-electron chi connectivity index (χ3n) is 5.61. The zero-order chi connectivity index (χ0) is 24.1. The molecule has 0 radical (unpaired) electrons. The number of hydrogen-bond donors (Lipinski definition) is 2. The van der Waals surface area contributed by atoms with Gasteiger partial charge in [-0.2, -0.15) is 0 Å². The molecule has 2 atom stereocenters. The maximum absolute atomic E-state index is 12.4.